The molecule has 1 aliphatic carbocycles. The second-order valence-electron chi connectivity index (χ2n) is 5.06. The number of alkyl halides is 3. The fraction of sp³-hybridized carbons (Fsp3) is 0.467. The van der Waals surface area contributed by atoms with Gasteiger partial charge < -0.3 is 0 Å². The van der Waals surface area contributed by atoms with Crippen molar-refractivity contribution in [2.24, 2.45) is 5.84 Å². The first-order valence-corrected chi connectivity index (χ1v) is 6.85. The molecule has 3 N–H and O–H groups in total. The molecule has 0 heterocycles. The average Bonchev–Trinajstić information content (AvgIpc) is 2.68. The third-order valence-electron chi connectivity index (χ3n) is 3.69. The van der Waals surface area contributed by atoms with Gasteiger partial charge in [0, 0.05) is 0 Å². The first-order valence-electron chi connectivity index (χ1n) is 6.85. The lowest BCUT2D eigenvalue weighted by molar-refractivity contribution is -0.138. The van der Waals surface area contributed by atoms with E-state index in [1.807, 2.05) is 6.08 Å². The molecule has 1 aliphatic rings. The summed E-state index contributed by atoms with van der Waals surface area (Å²) in [5.74, 6) is 5.54. The second-order valence-corrected chi connectivity index (χ2v) is 5.06. The molecule has 0 aromatic heterocycles. The predicted molar refractivity (Wildman–Crippen MR) is 72.7 cm³/mol. The van der Waals surface area contributed by atoms with Crippen molar-refractivity contribution in [1.29, 1.82) is 0 Å². The Bertz CT molecular complexity index is 480. The zero-order valence-corrected chi connectivity index (χ0v) is 11.2. The van der Waals surface area contributed by atoms with Crippen LogP contribution < -0.4 is 11.3 Å². The highest BCUT2D eigenvalue weighted by Crippen LogP contribution is 2.37. The van der Waals surface area contributed by atoms with Gasteiger partial charge in [0.1, 0.15) is 0 Å². The molecule has 0 saturated heterocycles. The van der Waals surface area contributed by atoms with E-state index in [0.717, 1.165) is 43.7 Å². The Kier molecular flexibility index (Phi) is 4.83. The maximum Gasteiger partial charge on any atom is 0.416 e. The molecule has 0 spiro atoms. The summed E-state index contributed by atoms with van der Waals surface area (Å²) >= 11 is 0. The molecular formula is C15H19F3N2. The SMILES string of the molecule is NNC(C1=CCCCCC1)c1ccccc1C(F)(F)F. The van der Waals surface area contributed by atoms with Gasteiger partial charge in [0.2, 0.25) is 0 Å². The van der Waals surface area contributed by atoms with Crippen LogP contribution in [0.4, 0.5) is 13.2 Å². The molecule has 0 bridgehead atoms. The summed E-state index contributed by atoms with van der Waals surface area (Å²) in [6.07, 6.45) is 2.56. The van der Waals surface area contributed by atoms with Crippen molar-refractivity contribution in [2.45, 2.75) is 44.3 Å². The van der Waals surface area contributed by atoms with Crippen molar-refractivity contribution in [2.75, 3.05) is 0 Å². The molecule has 0 saturated carbocycles. The zero-order chi connectivity index (χ0) is 14.6. The van der Waals surface area contributed by atoms with Gasteiger partial charge in [-0.3, -0.25) is 5.84 Å². The van der Waals surface area contributed by atoms with Crippen LogP contribution in [0.5, 0.6) is 0 Å². The molecule has 1 atom stereocenters. The van der Waals surface area contributed by atoms with E-state index < -0.39 is 17.8 Å². The standard InChI is InChI=1S/C15H19F3N2/c16-15(17,18)13-10-6-5-9-12(13)14(20-19)11-7-3-1-2-4-8-11/h5-7,9-10,14,20H,1-4,8,19H2. The summed E-state index contributed by atoms with van der Waals surface area (Å²) in [5, 5.41) is 0. The summed E-state index contributed by atoms with van der Waals surface area (Å²) in [5.41, 5.74) is 3.11. The van der Waals surface area contributed by atoms with Crippen LogP contribution in [-0.2, 0) is 6.18 Å². The lowest BCUT2D eigenvalue weighted by atomic mass is 9.92. The number of hydrazine groups is 1. The van der Waals surface area contributed by atoms with Crippen LogP contribution in [0.15, 0.2) is 35.9 Å². The predicted octanol–water partition coefficient (Wildman–Crippen LogP) is 4.10. The molecule has 1 aromatic carbocycles. The molecule has 2 rings (SSSR count). The molecule has 0 radical (unpaired) electrons. The minimum Gasteiger partial charge on any atom is -0.271 e. The Hall–Kier alpha value is -1.33. The van der Waals surface area contributed by atoms with E-state index >= 15 is 0 Å². The summed E-state index contributed by atoms with van der Waals surface area (Å²) in [6.45, 7) is 0. The van der Waals surface area contributed by atoms with Gasteiger partial charge in [-0.2, -0.15) is 13.2 Å². The Balaban J connectivity index is 2.39. The van der Waals surface area contributed by atoms with E-state index in [-0.39, 0.29) is 5.56 Å². The first kappa shape index (κ1) is 15.1. The van der Waals surface area contributed by atoms with E-state index in [0.29, 0.717) is 0 Å². The molecule has 110 valence electrons. The number of hydrogen-bond acceptors (Lipinski definition) is 2. The monoisotopic (exact) mass is 284 g/mol. The summed E-state index contributed by atoms with van der Waals surface area (Å²) < 4.78 is 39.3. The molecule has 0 amide bonds. The molecule has 0 aliphatic heterocycles. The second kappa shape index (κ2) is 6.41. The molecule has 5 heteroatoms. The van der Waals surface area contributed by atoms with E-state index in [9.17, 15) is 13.2 Å². The number of halogens is 3. The Morgan fingerprint density at radius 1 is 1.10 bits per heavy atom. The van der Waals surface area contributed by atoms with Gasteiger partial charge in [-0.1, -0.05) is 36.3 Å². The Morgan fingerprint density at radius 3 is 2.55 bits per heavy atom. The smallest absolute Gasteiger partial charge is 0.271 e. The summed E-state index contributed by atoms with van der Waals surface area (Å²) in [4.78, 5) is 0. The molecule has 1 unspecified atom stereocenters. The molecule has 2 nitrogen and oxygen atoms in total. The van der Waals surface area contributed by atoms with Crippen molar-refractivity contribution in [3.63, 3.8) is 0 Å². The van der Waals surface area contributed by atoms with E-state index in [1.165, 1.54) is 12.1 Å². The van der Waals surface area contributed by atoms with Crippen LogP contribution in [0.3, 0.4) is 0 Å². The minimum absolute atomic E-state index is 0.204. The van der Waals surface area contributed by atoms with Crippen LogP contribution >= 0.6 is 0 Å². The topological polar surface area (TPSA) is 38.0 Å². The van der Waals surface area contributed by atoms with Crippen LogP contribution in [0, 0.1) is 0 Å². The molecular weight excluding hydrogens is 265 g/mol. The number of rotatable bonds is 3. The maximum absolute atomic E-state index is 13.1. The lowest BCUT2D eigenvalue weighted by Crippen LogP contribution is -2.31. The third kappa shape index (κ3) is 3.41. The van der Waals surface area contributed by atoms with Gasteiger partial charge >= 0.3 is 6.18 Å². The highest BCUT2D eigenvalue weighted by Gasteiger charge is 2.35. The number of nitrogens with two attached hydrogens (primary N) is 1. The third-order valence-corrected chi connectivity index (χ3v) is 3.69. The van der Waals surface area contributed by atoms with Gasteiger partial charge in [-0.15, -0.1) is 0 Å². The number of allylic oxidation sites excluding steroid dienone is 1. The van der Waals surface area contributed by atoms with Gasteiger partial charge in [-0.25, -0.2) is 5.43 Å². The summed E-state index contributed by atoms with van der Waals surface area (Å²) in [6, 6.07) is 5.06. The van der Waals surface area contributed by atoms with Crippen LogP contribution in [0.25, 0.3) is 0 Å². The van der Waals surface area contributed by atoms with Gasteiger partial charge in [0.25, 0.3) is 0 Å². The highest BCUT2D eigenvalue weighted by molar-refractivity contribution is 5.37. The quantitative estimate of drug-likeness (QED) is 0.498. The van der Waals surface area contributed by atoms with Crippen molar-refractivity contribution >= 4 is 0 Å². The number of hydrogen-bond donors (Lipinski definition) is 2. The van der Waals surface area contributed by atoms with Crippen LogP contribution in [-0.4, -0.2) is 0 Å². The van der Waals surface area contributed by atoms with Gasteiger partial charge in [0.05, 0.1) is 11.6 Å². The van der Waals surface area contributed by atoms with E-state index in [2.05, 4.69) is 5.43 Å². The molecule has 0 fully saturated rings. The maximum atomic E-state index is 13.1. The highest BCUT2D eigenvalue weighted by atomic mass is 19.4. The average molecular weight is 284 g/mol. The number of nitrogens with one attached hydrogen (secondary N) is 1. The number of benzene rings is 1. The normalized spacial score (nSPS) is 18.3. The van der Waals surface area contributed by atoms with Gasteiger partial charge in [-0.05, 0) is 37.3 Å². The molecule has 20 heavy (non-hydrogen) atoms. The van der Waals surface area contributed by atoms with Gasteiger partial charge in [0.15, 0.2) is 0 Å². The minimum atomic E-state index is -4.36. The van der Waals surface area contributed by atoms with Crippen LogP contribution in [0.1, 0.15) is 49.3 Å². The lowest BCUT2D eigenvalue weighted by Gasteiger charge is -2.23. The Morgan fingerprint density at radius 2 is 1.85 bits per heavy atom. The Labute approximate surface area is 116 Å². The van der Waals surface area contributed by atoms with E-state index in [4.69, 9.17) is 5.84 Å². The van der Waals surface area contributed by atoms with E-state index in [1.54, 1.807) is 6.07 Å². The largest absolute Gasteiger partial charge is 0.416 e. The van der Waals surface area contributed by atoms with Crippen molar-refractivity contribution in [1.82, 2.24) is 5.43 Å². The zero-order valence-electron chi connectivity index (χ0n) is 11.2. The van der Waals surface area contributed by atoms with Crippen molar-refractivity contribution < 1.29 is 13.2 Å². The first-order chi connectivity index (χ1) is 9.54. The fourth-order valence-corrected chi connectivity index (χ4v) is 2.71. The van der Waals surface area contributed by atoms with Crippen molar-refractivity contribution in [3.05, 3.63) is 47.0 Å². The summed E-state index contributed by atoms with van der Waals surface area (Å²) in [7, 11) is 0. The van der Waals surface area contributed by atoms with Crippen molar-refractivity contribution in [3.8, 4) is 0 Å². The fourth-order valence-electron chi connectivity index (χ4n) is 2.71. The van der Waals surface area contributed by atoms with Crippen LogP contribution in [0.2, 0.25) is 0 Å². The molecule has 1 aromatic rings.